The Morgan fingerprint density at radius 3 is 0.800 bits per heavy atom. The summed E-state index contributed by atoms with van der Waals surface area (Å²) in [5.41, 5.74) is 0. The van der Waals surface area contributed by atoms with E-state index in [-0.39, 0.29) is 19.3 Å². The van der Waals surface area contributed by atoms with Crippen molar-refractivity contribution in [1.82, 2.24) is 0 Å². The van der Waals surface area contributed by atoms with E-state index < -0.39 is 91.5 Å². The Kier molecular flexibility index (Phi) is 75.6. The van der Waals surface area contributed by atoms with E-state index in [1.807, 2.05) is 0 Å². The molecular weight excluding hydrogens is 1360 g/mol. The number of hydrogen-bond donors (Lipinski definition) is 4. The van der Waals surface area contributed by atoms with Crippen molar-refractivity contribution in [3.63, 3.8) is 0 Å². The fourth-order valence-corrected chi connectivity index (χ4v) is 12.4. The molecule has 5 unspecified atom stereocenters. The van der Waals surface area contributed by atoms with Crippen LogP contribution in [0.2, 0.25) is 0 Å². The molecule has 18 heteroatoms. The van der Waals surface area contributed by atoms with Gasteiger partial charge in [-0.05, 0) is 141 Å². The summed E-state index contributed by atoms with van der Waals surface area (Å²) in [6.45, 7) is 2.43. The van der Waals surface area contributed by atoms with E-state index >= 15 is 0 Å². The number of carbonyl (C=O) groups is 3. The number of phosphoric ester groups is 2. The van der Waals surface area contributed by atoms with Gasteiger partial charge in [-0.25, -0.2) is 9.13 Å². The second-order valence-corrected chi connectivity index (χ2v) is 30.1. The normalized spacial score (nSPS) is 14.7. The maximum atomic E-state index is 13.0. The molecule has 0 bridgehead atoms. The fourth-order valence-electron chi connectivity index (χ4n) is 10.8. The van der Waals surface area contributed by atoms with Gasteiger partial charge in [0.1, 0.15) is 25.4 Å². The number of carbonyl (C=O) groups excluding carboxylic acids is 3. The van der Waals surface area contributed by atoms with Crippen LogP contribution >= 0.6 is 15.6 Å². The summed E-state index contributed by atoms with van der Waals surface area (Å²) < 4.78 is 61.3. The third-order valence-electron chi connectivity index (χ3n) is 17.0. The summed E-state index contributed by atoms with van der Waals surface area (Å²) >= 11 is 0. The molecule has 602 valence electrons. The molecule has 0 rings (SSSR count). The third kappa shape index (κ3) is 80.3. The van der Waals surface area contributed by atoms with Gasteiger partial charge in [0.2, 0.25) is 0 Å². The molecule has 5 atom stereocenters. The van der Waals surface area contributed by atoms with Gasteiger partial charge in [-0.1, -0.05) is 314 Å². The van der Waals surface area contributed by atoms with Crippen LogP contribution in [0.15, 0.2) is 146 Å². The van der Waals surface area contributed by atoms with Crippen molar-refractivity contribution in [3.05, 3.63) is 146 Å². The first-order chi connectivity index (χ1) is 51.2. The summed E-state index contributed by atoms with van der Waals surface area (Å²) in [5.74, 6) is -1.59. The molecule has 0 fully saturated rings. The molecular formula is C87H148O16P2. The monoisotopic (exact) mass is 1510 g/mol. The molecule has 0 aromatic heterocycles. The Morgan fingerprint density at radius 1 is 0.276 bits per heavy atom. The second kappa shape index (κ2) is 79.0. The SMILES string of the molecule is CC/C=C\C/C=C\C/C=C\C/C=C\C/C=C\CCCCCCCCCCCC(=O)OCC(COP(=O)(O)OCC(O)COP(=O)(O)OCC(O)COC(=O)CCCCCCCCCCCCC/C=C\C/C=C\C/C=C\C/C=C\CCCCC)OC(=O)CCCCCCCCC/C=C\C/C=C\C/C=C\CC. The van der Waals surface area contributed by atoms with Gasteiger partial charge in [0.15, 0.2) is 6.10 Å². The van der Waals surface area contributed by atoms with E-state index in [0.29, 0.717) is 19.3 Å². The van der Waals surface area contributed by atoms with Crippen LogP contribution in [-0.4, -0.2) is 95.9 Å². The highest BCUT2D eigenvalue weighted by molar-refractivity contribution is 7.47. The fraction of sp³-hybridized carbons (Fsp3) is 0.690. The minimum absolute atomic E-state index is 0.0882. The molecule has 0 amide bonds. The van der Waals surface area contributed by atoms with Gasteiger partial charge < -0.3 is 34.2 Å². The Balaban J connectivity index is 4.61. The number of ether oxygens (including phenoxy) is 3. The lowest BCUT2D eigenvalue weighted by molar-refractivity contribution is -0.161. The van der Waals surface area contributed by atoms with Crippen molar-refractivity contribution >= 4 is 33.6 Å². The number of esters is 3. The van der Waals surface area contributed by atoms with Crippen molar-refractivity contribution in [2.45, 2.75) is 347 Å². The number of allylic oxidation sites excluding steroid dienone is 24. The molecule has 0 aromatic carbocycles. The Labute approximate surface area is 638 Å². The van der Waals surface area contributed by atoms with Crippen molar-refractivity contribution in [3.8, 4) is 0 Å². The van der Waals surface area contributed by atoms with Crippen LogP contribution in [0.25, 0.3) is 0 Å². The summed E-state index contributed by atoms with van der Waals surface area (Å²) in [6.07, 6.45) is 97.4. The quantitative estimate of drug-likeness (QED) is 0.0146. The zero-order valence-electron chi connectivity index (χ0n) is 65.9. The molecule has 16 nitrogen and oxygen atoms in total. The zero-order valence-corrected chi connectivity index (χ0v) is 67.6. The minimum atomic E-state index is -4.94. The Hall–Kier alpha value is -4.57. The van der Waals surface area contributed by atoms with Crippen LogP contribution < -0.4 is 0 Å². The summed E-state index contributed by atoms with van der Waals surface area (Å²) in [6, 6.07) is 0. The molecule has 105 heavy (non-hydrogen) atoms. The maximum absolute atomic E-state index is 13.0. The molecule has 0 saturated carbocycles. The summed E-state index contributed by atoms with van der Waals surface area (Å²) in [4.78, 5) is 58.8. The highest BCUT2D eigenvalue weighted by Crippen LogP contribution is 2.45. The lowest BCUT2D eigenvalue weighted by Crippen LogP contribution is -2.30. The lowest BCUT2D eigenvalue weighted by atomic mass is 10.0. The molecule has 0 radical (unpaired) electrons. The Morgan fingerprint density at radius 2 is 0.505 bits per heavy atom. The number of aliphatic hydroxyl groups excluding tert-OH is 2. The smallest absolute Gasteiger partial charge is 0.463 e. The number of hydrogen-bond acceptors (Lipinski definition) is 14. The van der Waals surface area contributed by atoms with E-state index in [1.165, 1.54) is 96.3 Å². The van der Waals surface area contributed by atoms with E-state index in [2.05, 4.69) is 167 Å². The van der Waals surface area contributed by atoms with Gasteiger partial charge >= 0.3 is 33.6 Å². The Bertz CT molecular complexity index is 2490. The predicted molar refractivity (Wildman–Crippen MR) is 436 cm³/mol. The average molecular weight is 1510 g/mol. The summed E-state index contributed by atoms with van der Waals surface area (Å²) in [5, 5.41) is 20.7. The van der Waals surface area contributed by atoms with Gasteiger partial charge in [0.25, 0.3) is 0 Å². The van der Waals surface area contributed by atoms with Crippen LogP contribution in [0, 0.1) is 0 Å². The average Bonchev–Trinajstić information content (AvgIpc) is 0.919. The molecule has 0 spiro atoms. The molecule has 0 saturated heterocycles. The molecule has 0 aliphatic rings. The van der Waals surface area contributed by atoms with E-state index in [4.69, 9.17) is 32.3 Å². The van der Waals surface area contributed by atoms with Crippen LogP contribution in [0.5, 0.6) is 0 Å². The topological polar surface area (TPSA) is 231 Å². The molecule has 0 aliphatic carbocycles. The van der Waals surface area contributed by atoms with Gasteiger partial charge in [-0.3, -0.25) is 32.5 Å². The minimum Gasteiger partial charge on any atom is -0.463 e. The third-order valence-corrected chi connectivity index (χ3v) is 18.9. The standard InChI is InChI=1S/C87H148O16P2/c1-4-7-10-13-16-19-22-25-28-31-33-35-37-39-40-42-44-45-47-50-52-55-58-61-64-67-70-73-85(90)97-76-82(88)77-99-104(93,94)100-78-83(89)79-101-105(95,96)102-81-84(103-87(92)75-72-69-66-63-60-57-54-49-30-27-24-21-18-15-12-9-6-3)80-98-86(91)74-71-68-65-62-59-56-53-51-48-46-43-41-38-36-34-32-29-26-23-20-17-14-11-8-5-2/h8-9,11-12,16-21,25-30,33-36,39-41,43,82-84,88-89H,4-7,10,13-15,22-24,31-32,37-38,42,44-81H2,1-3H3,(H,93,94)(H,95,96)/b11-8-,12-9-,19-16-,20-17-,21-18-,28-25-,29-26-,30-27-,35-33-,36-34-,40-39-,43-41-. The number of rotatable bonds is 77. The zero-order chi connectivity index (χ0) is 76.6. The first-order valence-corrected chi connectivity index (χ1v) is 44.1. The van der Waals surface area contributed by atoms with E-state index in [0.717, 1.165) is 173 Å². The lowest BCUT2D eigenvalue weighted by Gasteiger charge is -2.21. The number of aliphatic hydroxyl groups is 2. The number of phosphoric acid groups is 2. The maximum Gasteiger partial charge on any atom is 0.472 e. The van der Waals surface area contributed by atoms with Crippen molar-refractivity contribution in [1.29, 1.82) is 0 Å². The van der Waals surface area contributed by atoms with Crippen LogP contribution in [0.1, 0.15) is 329 Å². The second-order valence-electron chi connectivity index (χ2n) is 27.2. The van der Waals surface area contributed by atoms with Gasteiger partial charge in [-0.2, -0.15) is 0 Å². The first-order valence-electron chi connectivity index (χ1n) is 41.1. The van der Waals surface area contributed by atoms with Gasteiger partial charge in [0.05, 0.1) is 26.4 Å². The highest BCUT2D eigenvalue weighted by Gasteiger charge is 2.29. The molecule has 4 N–H and O–H groups in total. The van der Waals surface area contributed by atoms with E-state index in [1.54, 1.807) is 0 Å². The van der Waals surface area contributed by atoms with E-state index in [9.17, 15) is 43.5 Å². The van der Waals surface area contributed by atoms with Gasteiger partial charge in [0, 0.05) is 19.3 Å². The van der Waals surface area contributed by atoms with Crippen LogP contribution in [0.3, 0.4) is 0 Å². The van der Waals surface area contributed by atoms with Crippen molar-refractivity contribution < 1.29 is 75.8 Å². The van der Waals surface area contributed by atoms with Crippen molar-refractivity contribution in [2.75, 3.05) is 39.6 Å². The van der Waals surface area contributed by atoms with Gasteiger partial charge in [-0.15, -0.1) is 0 Å². The number of unbranched alkanes of at least 4 members (excludes halogenated alkanes) is 30. The highest BCUT2D eigenvalue weighted by atomic mass is 31.2. The summed E-state index contributed by atoms with van der Waals surface area (Å²) in [7, 11) is -9.80. The molecule has 0 aliphatic heterocycles. The van der Waals surface area contributed by atoms with Crippen molar-refractivity contribution in [2.24, 2.45) is 0 Å². The molecule has 0 aromatic rings. The largest absolute Gasteiger partial charge is 0.472 e. The first kappa shape index (κ1) is 100. The van der Waals surface area contributed by atoms with Crippen LogP contribution in [0.4, 0.5) is 0 Å². The molecule has 0 heterocycles. The van der Waals surface area contributed by atoms with Crippen LogP contribution in [-0.2, 0) is 55.8 Å². The predicted octanol–water partition coefficient (Wildman–Crippen LogP) is 24.4.